The topological polar surface area (TPSA) is 61.7 Å². The third-order valence-corrected chi connectivity index (χ3v) is 3.07. The normalized spacial score (nSPS) is 8.64. The van der Waals surface area contributed by atoms with Crippen molar-refractivity contribution in [1.29, 1.82) is 10.5 Å². The SMILES string of the molecule is N#CC(C#N)=C([N-]C(=S)c1ccccc1)c1ccccc1.[Na+]. The van der Waals surface area contributed by atoms with Crippen molar-refractivity contribution in [3.63, 3.8) is 0 Å². The van der Waals surface area contributed by atoms with Crippen LogP contribution in [0.5, 0.6) is 0 Å². The first-order valence-electron chi connectivity index (χ1n) is 6.17. The van der Waals surface area contributed by atoms with Crippen molar-refractivity contribution in [2.45, 2.75) is 0 Å². The van der Waals surface area contributed by atoms with Crippen LogP contribution < -0.4 is 29.6 Å². The number of thiocarbonyl (C=S) groups is 1. The van der Waals surface area contributed by atoms with Crippen LogP contribution >= 0.6 is 12.2 Å². The number of benzene rings is 2. The molecule has 5 heteroatoms. The van der Waals surface area contributed by atoms with Gasteiger partial charge < -0.3 is 5.32 Å². The molecule has 0 unspecified atom stereocenters. The van der Waals surface area contributed by atoms with Crippen molar-refractivity contribution >= 4 is 22.9 Å². The average Bonchev–Trinajstić information content (AvgIpc) is 2.56. The molecule has 0 aliphatic heterocycles. The van der Waals surface area contributed by atoms with Crippen molar-refractivity contribution in [3.8, 4) is 12.1 Å². The molecule has 22 heavy (non-hydrogen) atoms. The molecule has 2 rings (SSSR count). The van der Waals surface area contributed by atoms with E-state index in [4.69, 9.17) is 22.7 Å². The van der Waals surface area contributed by atoms with Crippen LogP contribution in [0.15, 0.2) is 66.2 Å². The van der Waals surface area contributed by atoms with Crippen LogP contribution in [0.4, 0.5) is 0 Å². The Morgan fingerprint density at radius 1 is 0.818 bits per heavy atom. The average molecular weight is 311 g/mol. The summed E-state index contributed by atoms with van der Waals surface area (Å²) in [7, 11) is 0. The molecule has 0 fully saturated rings. The number of hydrogen-bond acceptors (Lipinski definition) is 3. The third kappa shape index (κ3) is 4.53. The number of nitrogens with zero attached hydrogens (tertiary/aromatic N) is 3. The minimum absolute atomic E-state index is 0. The molecule has 2 aromatic carbocycles. The van der Waals surface area contributed by atoms with Crippen molar-refractivity contribution in [3.05, 3.63) is 82.7 Å². The van der Waals surface area contributed by atoms with Gasteiger partial charge in [-0.05, 0) is 11.1 Å². The fraction of sp³-hybridized carbons (Fsp3) is 0. The van der Waals surface area contributed by atoms with Gasteiger partial charge >= 0.3 is 29.6 Å². The molecule has 0 aliphatic carbocycles. The van der Waals surface area contributed by atoms with Gasteiger partial charge in [0, 0.05) is 0 Å². The Kier molecular flexibility index (Phi) is 7.52. The van der Waals surface area contributed by atoms with E-state index < -0.39 is 0 Å². The second kappa shape index (κ2) is 9.15. The van der Waals surface area contributed by atoms with E-state index in [-0.39, 0.29) is 35.1 Å². The summed E-state index contributed by atoms with van der Waals surface area (Å²) < 4.78 is 0. The quantitative estimate of drug-likeness (QED) is 0.486. The fourth-order valence-electron chi connectivity index (χ4n) is 1.74. The van der Waals surface area contributed by atoms with E-state index in [9.17, 15) is 0 Å². The summed E-state index contributed by atoms with van der Waals surface area (Å²) in [6.07, 6.45) is 0. The van der Waals surface area contributed by atoms with Gasteiger partial charge in [-0.15, -0.1) is 12.2 Å². The van der Waals surface area contributed by atoms with Crippen LogP contribution in [-0.2, 0) is 0 Å². The molecule has 0 heterocycles. The van der Waals surface area contributed by atoms with E-state index in [0.29, 0.717) is 16.2 Å². The van der Waals surface area contributed by atoms with Gasteiger partial charge in [0.1, 0.15) is 17.7 Å². The van der Waals surface area contributed by atoms with Gasteiger partial charge in [-0.3, -0.25) is 0 Å². The molecule has 0 saturated heterocycles. The maximum atomic E-state index is 9.11. The summed E-state index contributed by atoms with van der Waals surface area (Å²) in [4.78, 5) is 0.345. The zero-order valence-electron chi connectivity index (χ0n) is 12.0. The smallest absolute Gasteiger partial charge is 0.646 e. The van der Waals surface area contributed by atoms with E-state index >= 15 is 0 Å². The molecule has 0 amide bonds. The van der Waals surface area contributed by atoms with Gasteiger partial charge in [0.05, 0.1) is 0 Å². The monoisotopic (exact) mass is 311 g/mol. The van der Waals surface area contributed by atoms with Gasteiger partial charge in [0.2, 0.25) is 0 Å². The van der Waals surface area contributed by atoms with E-state index in [2.05, 4.69) is 5.32 Å². The molecule has 0 bridgehead atoms. The van der Waals surface area contributed by atoms with Gasteiger partial charge in [-0.1, -0.05) is 71.3 Å². The predicted octanol–water partition coefficient (Wildman–Crippen LogP) is 1.20. The van der Waals surface area contributed by atoms with Crippen LogP contribution in [0, 0.1) is 22.7 Å². The van der Waals surface area contributed by atoms with Crippen molar-refractivity contribution in [1.82, 2.24) is 0 Å². The summed E-state index contributed by atoms with van der Waals surface area (Å²) in [6, 6.07) is 22.1. The van der Waals surface area contributed by atoms with E-state index in [1.54, 1.807) is 12.1 Å². The summed E-state index contributed by atoms with van der Waals surface area (Å²) >= 11 is 5.29. The molecular weight excluding hydrogens is 301 g/mol. The third-order valence-electron chi connectivity index (χ3n) is 2.74. The molecule has 0 saturated carbocycles. The first kappa shape index (κ1) is 18.1. The fourth-order valence-corrected chi connectivity index (χ4v) is 1.97. The molecule has 0 radical (unpaired) electrons. The largest absolute Gasteiger partial charge is 1.00 e. The predicted molar refractivity (Wildman–Crippen MR) is 86.1 cm³/mol. The number of nitriles is 2. The van der Waals surface area contributed by atoms with E-state index in [1.807, 2.05) is 60.7 Å². The molecule has 100 valence electrons. The summed E-state index contributed by atoms with van der Waals surface area (Å²) in [5, 5.41) is 22.5. The standard InChI is InChI=1S/C17H11N3S.Na/c18-11-15(12-19)16(13-7-3-1-4-8-13)20-17(21)14-9-5-2-6-10-14;/h1-10H,(H,20,21);/q;+1/p-1. The van der Waals surface area contributed by atoms with Gasteiger partial charge in [-0.2, -0.15) is 10.5 Å². The van der Waals surface area contributed by atoms with Crippen molar-refractivity contribution < 1.29 is 29.6 Å². The number of rotatable bonds is 3. The second-order valence-corrected chi connectivity index (χ2v) is 4.48. The van der Waals surface area contributed by atoms with Gasteiger partial charge in [0.25, 0.3) is 0 Å². The Balaban J connectivity index is 0.00000242. The Morgan fingerprint density at radius 2 is 1.27 bits per heavy atom. The Bertz CT molecular complexity index is 740. The van der Waals surface area contributed by atoms with Crippen molar-refractivity contribution in [2.24, 2.45) is 0 Å². The van der Waals surface area contributed by atoms with E-state index in [0.717, 1.165) is 5.56 Å². The molecule has 0 spiro atoms. The Morgan fingerprint density at radius 3 is 1.73 bits per heavy atom. The molecular formula is C17H10N3NaS. The minimum Gasteiger partial charge on any atom is -0.646 e. The molecule has 0 N–H and O–H groups in total. The van der Waals surface area contributed by atoms with Crippen LogP contribution in [0.25, 0.3) is 11.0 Å². The molecule has 0 aliphatic rings. The first-order valence-corrected chi connectivity index (χ1v) is 6.58. The maximum Gasteiger partial charge on any atom is 1.00 e. The number of allylic oxidation sites excluding steroid dienone is 1. The minimum atomic E-state index is -0.0560. The van der Waals surface area contributed by atoms with Crippen LogP contribution in [0.3, 0.4) is 0 Å². The second-order valence-electron chi connectivity index (χ2n) is 4.10. The Labute approximate surface area is 157 Å². The number of hydrogen-bond donors (Lipinski definition) is 0. The Hall–Kier alpha value is -1.95. The van der Waals surface area contributed by atoms with Crippen LogP contribution in [0.2, 0.25) is 0 Å². The van der Waals surface area contributed by atoms with E-state index in [1.165, 1.54) is 0 Å². The van der Waals surface area contributed by atoms with Gasteiger partial charge in [0.15, 0.2) is 0 Å². The van der Waals surface area contributed by atoms with Crippen LogP contribution in [-0.4, -0.2) is 4.99 Å². The zero-order valence-corrected chi connectivity index (χ0v) is 14.8. The van der Waals surface area contributed by atoms with Crippen LogP contribution in [0.1, 0.15) is 11.1 Å². The summed E-state index contributed by atoms with van der Waals surface area (Å²) in [5.41, 5.74) is 1.71. The molecule has 0 aromatic heterocycles. The van der Waals surface area contributed by atoms with Gasteiger partial charge in [-0.25, -0.2) is 0 Å². The summed E-state index contributed by atoms with van der Waals surface area (Å²) in [5.74, 6) is 0. The molecule has 0 atom stereocenters. The zero-order chi connectivity index (χ0) is 15.1. The maximum absolute atomic E-state index is 9.11. The summed E-state index contributed by atoms with van der Waals surface area (Å²) in [6.45, 7) is 0. The van der Waals surface area contributed by atoms with Crippen molar-refractivity contribution in [2.75, 3.05) is 0 Å². The molecule has 2 aromatic rings. The molecule has 3 nitrogen and oxygen atoms in total. The first-order chi connectivity index (χ1) is 10.3.